The lowest BCUT2D eigenvalue weighted by Gasteiger charge is -2.02. The molecule has 70 valence electrons. The first-order valence-electron chi connectivity index (χ1n) is 5.11. The Labute approximate surface area is 91.7 Å². The highest BCUT2D eigenvalue weighted by molar-refractivity contribution is 9.25. The van der Waals surface area contributed by atoms with Crippen LogP contribution in [0.25, 0.3) is 0 Å². The van der Waals surface area contributed by atoms with Crippen LogP contribution in [0.3, 0.4) is 0 Å². The van der Waals surface area contributed by atoms with Crippen LogP contribution in [-0.2, 0) is 0 Å². The predicted molar refractivity (Wildman–Crippen MR) is 59.9 cm³/mol. The van der Waals surface area contributed by atoms with E-state index in [0.717, 1.165) is 11.8 Å². The summed E-state index contributed by atoms with van der Waals surface area (Å²) in [5, 5.41) is 0. The Balaban J connectivity index is 1.91. The highest BCUT2D eigenvalue weighted by Gasteiger charge is 2.60. The Morgan fingerprint density at radius 3 is 1.67 bits per heavy atom. The zero-order valence-electron chi connectivity index (χ0n) is 7.36. The number of halogens is 2. The molecule has 2 fully saturated rings. The molecule has 0 unspecified atom stereocenters. The average Bonchev–Trinajstić information content (AvgIpc) is 2.56. The third kappa shape index (κ3) is 1.75. The second kappa shape index (κ2) is 3.61. The van der Waals surface area contributed by atoms with Crippen LogP contribution >= 0.6 is 31.9 Å². The second-order valence-electron chi connectivity index (χ2n) is 4.23. The lowest BCUT2D eigenvalue weighted by atomic mass is 10.1. The molecule has 0 bridgehead atoms. The van der Waals surface area contributed by atoms with Gasteiger partial charge >= 0.3 is 0 Å². The molecule has 0 heterocycles. The van der Waals surface area contributed by atoms with E-state index in [1.165, 1.54) is 44.9 Å². The summed E-state index contributed by atoms with van der Waals surface area (Å²) in [7, 11) is 0. The van der Waals surface area contributed by atoms with Crippen molar-refractivity contribution in [2.45, 2.75) is 48.2 Å². The van der Waals surface area contributed by atoms with Crippen LogP contribution in [0, 0.1) is 11.8 Å². The predicted octanol–water partition coefficient (Wildman–Crippen LogP) is 4.46. The summed E-state index contributed by atoms with van der Waals surface area (Å²) < 4.78 is 0.345. The molecule has 0 aliphatic heterocycles. The Morgan fingerprint density at radius 2 is 1.17 bits per heavy atom. The van der Waals surface area contributed by atoms with Crippen LogP contribution in [0.15, 0.2) is 0 Å². The van der Waals surface area contributed by atoms with Gasteiger partial charge in [-0.15, -0.1) is 0 Å². The Bertz CT molecular complexity index is 149. The van der Waals surface area contributed by atoms with Gasteiger partial charge in [-0.05, 0) is 24.7 Å². The van der Waals surface area contributed by atoms with Crippen LogP contribution in [0.2, 0.25) is 0 Å². The molecule has 0 aromatic carbocycles. The van der Waals surface area contributed by atoms with E-state index in [2.05, 4.69) is 31.9 Å². The van der Waals surface area contributed by atoms with Crippen molar-refractivity contribution in [1.82, 2.24) is 0 Å². The van der Waals surface area contributed by atoms with Crippen molar-refractivity contribution in [1.29, 1.82) is 0 Å². The lowest BCUT2D eigenvalue weighted by Crippen LogP contribution is -1.91. The first kappa shape index (κ1) is 9.51. The van der Waals surface area contributed by atoms with Gasteiger partial charge in [0.1, 0.15) is 0 Å². The van der Waals surface area contributed by atoms with E-state index in [9.17, 15) is 0 Å². The molecule has 0 N–H and O–H groups in total. The highest BCUT2D eigenvalue weighted by atomic mass is 79.9. The first-order valence-corrected chi connectivity index (χ1v) is 6.69. The van der Waals surface area contributed by atoms with E-state index >= 15 is 0 Å². The maximum absolute atomic E-state index is 3.79. The van der Waals surface area contributed by atoms with Crippen LogP contribution in [0.1, 0.15) is 44.9 Å². The zero-order chi connectivity index (χ0) is 8.60. The van der Waals surface area contributed by atoms with Gasteiger partial charge in [-0.3, -0.25) is 0 Å². The van der Waals surface area contributed by atoms with Crippen molar-refractivity contribution in [3.63, 3.8) is 0 Å². The van der Waals surface area contributed by atoms with Crippen LogP contribution in [-0.4, -0.2) is 3.23 Å². The van der Waals surface area contributed by atoms with E-state index in [1.54, 1.807) is 0 Å². The molecule has 0 nitrogen and oxygen atoms in total. The van der Waals surface area contributed by atoms with E-state index in [0.29, 0.717) is 3.23 Å². The van der Waals surface area contributed by atoms with Crippen molar-refractivity contribution in [3.05, 3.63) is 0 Å². The molecule has 0 saturated heterocycles. The van der Waals surface area contributed by atoms with E-state index in [4.69, 9.17) is 0 Å². The molecule has 2 aliphatic carbocycles. The largest absolute Gasteiger partial charge is 0.0868 e. The van der Waals surface area contributed by atoms with E-state index in [-0.39, 0.29) is 0 Å². The fourth-order valence-corrected chi connectivity index (χ4v) is 4.43. The van der Waals surface area contributed by atoms with Crippen molar-refractivity contribution in [2.24, 2.45) is 11.8 Å². The summed E-state index contributed by atoms with van der Waals surface area (Å²) in [6, 6.07) is 0. The van der Waals surface area contributed by atoms with Gasteiger partial charge in [0.2, 0.25) is 0 Å². The van der Waals surface area contributed by atoms with Gasteiger partial charge in [-0.1, -0.05) is 64.0 Å². The van der Waals surface area contributed by atoms with Gasteiger partial charge in [0.15, 0.2) is 0 Å². The maximum Gasteiger partial charge on any atom is 0.0868 e. The molecule has 2 saturated carbocycles. The molecule has 2 atom stereocenters. The minimum atomic E-state index is 0.345. The zero-order valence-corrected chi connectivity index (χ0v) is 10.5. The minimum Gasteiger partial charge on any atom is -0.0721 e. The van der Waals surface area contributed by atoms with E-state index in [1.807, 2.05) is 0 Å². The molecular formula is C10H16Br2. The fourth-order valence-electron chi connectivity index (χ4n) is 2.51. The van der Waals surface area contributed by atoms with Gasteiger partial charge in [0, 0.05) is 0 Å². The number of alkyl halides is 2. The third-order valence-corrected chi connectivity index (χ3v) is 5.75. The molecule has 12 heavy (non-hydrogen) atoms. The van der Waals surface area contributed by atoms with Crippen LogP contribution in [0.5, 0.6) is 0 Å². The Hall–Kier alpha value is 0.960. The van der Waals surface area contributed by atoms with Crippen LogP contribution < -0.4 is 0 Å². The normalized spacial score (nSPS) is 40.5. The topological polar surface area (TPSA) is 0 Å². The Kier molecular flexibility index (Phi) is 2.86. The number of hydrogen-bond donors (Lipinski definition) is 0. The molecule has 0 radical (unpaired) electrons. The van der Waals surface area contributed by atoms with Gasteiger partial charge in [0.05, 0.1) is 3.23 Å². The van der Waals surface area contributed by atoms with Gasteiger partial charge in [0.25, 0.3) is 0 Å². The quantitative estimate of drug-likeness (QED) is 0.579. The molecule has 2 rings (SSSR count). The smallest absolute Gasteiger partial charge is 0.0721 e. The molecule has 0 spiro atoms. The first-order chi connectivity index (χ1) is 5.73. The third-order valence-electron chi connectivity index (χ3n) is 3.40. The lowest BCUT2D eigenvalue weighted by molar-refractivity contribution is 0.593. The monoisotopic (exact) mass is 294 g/mol. The molecule has 0 aromatic heterocycles. The number of rotatable bonds is 0. The van der Waals surface area contributed by atoms with Gasteiger partial charge in [-0.2, -0.15) is 0 Å². The standard InChI is InChI=1S/C10H16Br2/c11-10(12)8-6-4-2-1-3-5-7-9(8)10/h8-9H,1-7H2/t8-,9+. The summed E-state index contributed by atoms with van der Waals surface area (Å²) in [5.41, 5.74) is 0. The number of hydrogen-bond acceptors (Lipinski definition) is 0. The molecule has 0 amide bonds. The van der Waals surface area contributed by atoms with Crippen molar-refractivity contribution in [2.75, 3.05) is 0 Å². The summed E-state index contributed by atoms with van der Waals surface area (Å²) in [5.74, 6) is 1.85. The number of fused-ring (bicyclic) bond motifs is 1. The van der Waals surface area contributed by atoms with Crippen molar-refractivity contribution in [3.8, 4) is 0 Å². The van der Waals surface area contributed by atoms with Gasteiger partial charge < -0.3 is 0 Å². The molecule has 0 aromatic rings. The highest BCUT2D eigenvalue weighted by Crippen LogP contribution is 2.65. The Morgan fingerprint density at radius 1 is 0.750 bits per heavy atom. The summed E-state index contributed by atoms with van der Waals surface area (Å²) in [6.07, 6.45) is 10.1. The summed E-state index contributed by atoms with van der Waals surface area (Å²) in [6.45, 7) is 0. The molecule has 2 heteroatoms. The average molecular weight is 296 g/mol. The van der Waals surface area contributed by atoms with Crippen LogP contribution in [0.4, 0.5) is 0 Å². The van der Waals surface area contributed by atoms with Crippen molar-refractivity contribution < 1.29 is 0 Å². The van der Waals surface area contributed by atoms with E-state index < -0.39 is 0 Å². The maximum atomic E-state index is 3.79. The summed E-state index contributed by atoms with van der Waals surface area (Å²) in [4.78, 5) is 0. The molecular weight excluding hydrogens is 280 g/mol. The minimum absolute atomic E-state index is 0.345. The summed E-state index contributed by atoms with van der Waals surface area (Å²) >= 11 is 7.58. The van der Waals surface area contributed by atoms with Gasteiger partial charge in [-0.25, -0.2) is 0 Å². The SMILES string of the molecule is BrC1(Br)[C@@H]2CCCCCCC[C@@H]21. The molecule has 2 aliphatic rings. The van der Waals surface area contributed by atoms with Crippen molar-refractivity contribution >= 4 is 31.9 Å². The fraction of sp³-hybridized carbons (Fsp3) is 1.00. The second-order valence-corrected chi connectivity index (χ2v) is 7.92.